The molecular weight excluding hydrogens is 601 g/mol. The molecule has 1 aliphatic carbocycles. The summed E-state index contributed by atoms with van der Waals surface area (Å²) >= 11 is 11.9. The second kappa shape index (κ2) is 13.4. The van der Waals surface area contributed by atoms with Crippen LogP contribution in [0, 0.1) is 11.7 Å². The molecule has 0 amide bonds. The van der Waals surface area contributed by atoms with E-state index in [1.807, 2.05) is 24.3 Å². The van der Waals surface area contributed by atoms with Gasteiger partial charge in [0.1, 0.15) is 11.6 Å². The number of carboxylic acids is 1. The van der Waals surface area contributed by atoms with E-state index in [0.29, 0.717) is 5.92 Å². The Hall–Kier alpha value is -3.24. The number of aromatic nitrogens is 1. The number of halogens is 6. The summed E-state index contributed by atoms with van der Waals surface area (Å²) in [4.78, 5) is 39.8. The fourth-order valence-electron chi connectivity index (χ4n) is 5.29. The molecule has 3 aromatic rings. The van der Waals surface area contributed by atoms with Gasteiger partial charge in [-0.15, -0.1) is 0 Å². The van der Waals surface area contributed by atoms with E-state index in [-0.39, 0.29) is 59.4 Å². The first-order valence-electron chi connectivity index (χ1n) is 13.4. The van der Waals surface area contributed by atoms with Crippen LogP contribution in [0.4, 0.5) is 17.6 Å². The van der Waals surface area contributed by atoms with Crippen LogP contribution in [0.15, 0.2) is 40.8 Å². The highest BCUT2D eigenvalue weighted by Crippen LogP contribution is 2.41. The Balaban J connectivity index is 1.32. The van der Waals surface area contributed by atoms with Crippen LogP contribution in [-0.4, -0.2) is 27.6 Å². The highest BCUT2D eigenvalue weighted by molar-refractivity contribution is 6.39. The zero-order valence-corrected chi connectivity index (χ0v) is 23.8. The Morgan fingerprint density at radius 1 is 0.976 bits per heavy atom. The van der Waals surface area contributed by atoms with Crippen molar-refractivity contribution in [2.45, 2.75) is 69.9 Å². The quantitative estimate of drug-likeness (QED) is 0.169. The van der Waals surface area contributed by atoms with E-state index >= 15 is 0 Å². The van der Waals surface area contributed by atoms with Crippen molar-refractivity contribution in [2.75, 3.05) is 0 Å². The van der Waals surface area contributed by atoms with Crippen LogP contribution in [0.25, 0.3) is 11.5 Å². The highest BCUT2D eigenvalue weighted by atomic mass is 35.5. The molecule has 1 fully saturated rings. The molecule has 0 atom stereocenters. The molecule has 0 radical (unpaired) electrons. The first-order chi connectivity index (χ1) is 19.8. The molecule has 0 unspecified atom stereocenters. The lowest BCUT2D eigenvalue weighted by Gasteiger charge is -2.28. The van der Waals surface area contributed by atoms with Crippen molar-refractivity contribution in [3.63, 3.8) is 0 Å². The minimum Gasteiger partial charge on any atom is -0.481 e. The van der Waals surface area contributed by atoms with E-state index in [9.17, 15) is 31.9 Å². The van der Waals surface area contributed by atoms with Crippen LogP contribution in [0.2, 0.25) is 10.0 Å². The minimum atomic E-state index is -5.05. The summed E-state index contributed by atoms with van der Waals surface area (Å²) in [6.45, 7) is 0. The Morgan fingerprint density at radius 2 is 1.60 bits per heavy atom. The number of aliphatic carboxylic acids is 1. The summed E-state index contributed by atoms with van der Waals surface area (Å²) in [5, 5.41) is 8.30. The van der Waals surface area contributed by atoms with Crippen LogP contribution in [0.5, 0.6) is 0 Å². The lowest BCUT2D eigenvalue weighted by atomic mass is 9.77. The number of hydrogen-bond acceptors (Lipinski definition) is 5. The standard InChI is InChI=1S/C30H27Cl2F4NO5/c31-22-14-20(33)15-23(32)26(22)29-37-27(28(42-29)30(34,35)36)24(39)3-1-2-21(38)12-16-4-8-18(9-5-16)19-10-6-17(7-11-19)13-25(40)41/h4-5,8-9,14-15,17,19H,1-3,6-7,10-13H2,(H,40,41). The number of hydrogen-bond donors (Lipinski definition) is 1. The SMILES string of the molecule is O=C(O)CC1CCC(c2ccc(CC(=O)CCCC(=O)c3nc(-c4c(Cl)cc(F)cc4Cl)oc3C(F)(F)F)cc2)CC1. The number of rotatable bonds is 11. The Morgan fingerprint density at radius 3 is 2.17 bits per heavy atom. The Bertz CT molecular complexity index is 1440. The van der Waals surface area contributed by atoms with Crippen LogP contribution in [-0.2, 0) is 22.2 Å². The molecule has 0 saturated heterocycles. The fourth-order valence-corrected chi connectivity index (χ4v) is 5.91. The van der Waals surface area contributed by atoms with Crippen molar-refractivity contribution in [1.82, 2.24) is 4.98 Å². The first-order valence-corrected chi connectivity index (χ1v) is 14.2. The van der Waals surface area contributed by atoms with Gasteiger partial charge in [0.05, 0.1) is 15.6 Å². The third-order valence-corrected chi connectivity index (χ3v) is 7.99. The van der Waals surface area contributed by atoms with Crippen LogP contribution in [0.1, 0.15) is 84.7 Å². The average molecular weight is 628 g/mol. The van der Waals surface area contributed by atoms with Crippen LogP contribution >= 0.6 is 23.2 Å². The molecule has 0 spiro atoms. The van der Waals surface area contributed by atoms with E-state index in [1.54, 1.807) is 0 Å². The molecule has 224 valence electrons. The number of carbonyl (C=O) groups excluding carboxylic acids is 2. The Kier molecular flexibility index (Phi) is 10.1. The molecule has 0 aliphatic heterocycles. The van der Waals surface area contributed by atoms with Crippen molar-refractivity contribution >= 4 is 40.7 Å². The molecule has 1 N–H and O–H groups in total. The van der Waals surface area contributed by atoms with E-state index < -0.39 is 41.1 Å². The first kappa shape index (κ1) is 31.7. The minimum absolute atomic E-state index is 0.00683. The van der Waals surface area contributed by atoms with Crippen molar-refractivity contribution in [1.29, 1.82) is 0 Å². The third kappa shape index (κ3) is 7.98. The number of oxazole rings is 1. The van der Waals surface area contributed by atoms with Crippen molar-refractivity contribution < 1.29 is 41.5 Å². The van der Waals surface area contributed by atoms with Crippen molar-refractivity contribution in [3.8, 4) is 11.5 Å². The third-order valence-electron chi connectivity index (χ3n) is 7.39. The van der Waals surface area contributed by atoms with Gasteiger partial charge in [-0.3, -0.25) is 14.4 Å². The molecule has 1 aliphatic rings. The molecule has 1 aromatic heterocycles. The molecule has 12 heteroatoms. The van der Waals surface area contributed by atoms with Gasteiger partial charge in [0.25, 0.3) is 0 Å². The number of alkyl halides is 3. The maximum absolute atomic E-state index is 13.6. The van der Waals surface area contributed by atoms with E-state index in [2.05, 4.69) is 4.98 Å². The maximum atomic E-state index is 13.6. The normalized spacial score (nSPS) is 17.3. The molecule has 1 heterocycles. The van der Waals surface area contributed by atoms with Gasteiger partial charge in [0, 0.05) is 25.7 Å². The molecule has 0 bridgehead atoms. The second-order valence-corrected chi connectivity index (χ2v) is 11.3. The number of nitrogens with zero attached hydrogens (tertiary/aromatic N) is 1. The molecule has 42 heavy (non-hydrogen) atoms. The van der Waals surface area contributed by atoms with Gasteiger partial charge in [0.2, 0.25) is 11.7 Å². The summed E-state index contributed by atoms with van der Waals surface area (Å²) < 4.78 is 59.2. The predicted molar refractivity (Wildman–Crippen MR) is 147 cm³/mol. The number of benzene rings is 2. The molecular formula is C30H27Cl2F4NO5. The lowest BCUT2D eigenvalue weighted by Crippen LogP contribution is -2.16. The number of ketones is 2. The number of carbonyl (C=O) groups is 3. The maximum Gasteiger partial charge on any atom is 0.452 e. The van der Waals surface area contributed by atoms with Gasteiger partial charge < -0.3 is 9.52 Å². The zero-order valence-electron chi connectivity index (χ0n) is 22.3. The number of carboxylic acid groups (broad SMARTS) is 1. The molecule has 2 aromatic carbocycles. The van der Waals surface area contributed by atoms with Gasteiger partial charge in [0.15, 0.2) is 11.5 Å². The van der Waals surface area contributed by atoms with Crippen LogP contribution in [0.3, 0.4) is 0 Å². The average Bonchev–Trinajstić information content (AvgIpc) is 3.34. The summed E-state index contributed by atoms with van der Waals surface area (Å²) in [6, 6.07) is 9.31. The zero-order chi connectivity index (χ0) is 30.6. The van der Waals surface area contributed by atoms with Crippen LogP contribution < -0.4 is 0 Å². The summed E-state index contributed by atoms with van der Waals surface area (Å²) in [6.07, 6.45) is -1.58. The summed E-state index contributed by atoms with van der Waals surface area (Å²) in [5.74, 6) is -4.47. The van der Waals surface area contributed by atoms with Gasteiger partial charge in [-0.2, -0.15) is 13.2 Å². The predicted octanol–water partition coefficient (Wildman–Crippen LogP) is 8.72. The second-order valence-electron chi connectivity index (χ2n) is 10.5. The highest BCUT2D eigenvalue weighted by Gasteiger charge is 2.42. The molecule has 6 nitrogen and oxygen atoms in total. The summed E-state index contributed by atoms with van der Waals surface area (Å²) in [5.41, 5.74) is 0.676. The van der Waals surface area contributed by atoms with E-state index in [4.69, 9.17) is 32.7 Å². The van der Waals surface area contributed by atoms with E-state index in [1.165, 1.54) is 0 Å². The lowest BCUT2D eigenvalue weighted by molar-refractivity contribution is -0.153. The van der Waals surface area contributed by atoms with Gasteiger partial charge in [-0.1, -0.05) is 47.5 Å². The van der Waals surface area contributed by atoms with Crippen molar-refractivity contribution in [3.05, 3.63) is 74.8 Å². The largest absolute Gasteiger partial charge is 0.481 e. The molecule has 4 rings (SSSR count). The van der Waals surface area contributed by atoms with Crippen molar-refractivity contribution in [2.24, 2.45) is 5.92 Å². The smallest absolute Gasteiger partial charge is 0.452 e. The fraction of sp³-hybridized carbons (Fsp3) is 0.400. The van der Waals surface area contributed by atoms with Gasteiger partial charge in [-0.25, -0.2) is 9.37 Å². The van der Waals surface area contributed by atoms with Gasteiger partial charge in [-0.05, 0) is 67.2 Å². The monoisotopic (exact) mass is 627 g/mol. The van der Waals surface area contributed by atoms with E-state index in [0.717, 1.165) is 48.9 Å². The molecule has 1 saturated carbocycles. The summed E-state index contributed by atoms with van der Waals surface area (Å²) in [7, 11) is 0. The Labute approximate surface area is 249 Å². The van der Waals surface area contributed by atoms with Gasteiger partial charge >= 0.3 is 12.1 Å². The number of Topliss-reactive ketones (excluding diaryl/α,β-unsaturated/α-hetero) is 2. The topological polar surface area (TPSA) is 97.5 Å².